The highest BCUT2D eigenvalue weighted by molar-refractivity contribution is 6.30. The molecular weight excluding hydrogens is 384 g/mol. The molecule has 0 bridgehead atoms. The smallest absolute Gasteiger partial charge is 0.414 e. The molecule has 7 nitrogen and oxygen atoms in total. The van der Waals surface area contributed by atoms with Gasteiger partial charge in [-0.1, -0.05) is 24.6 Å². The van der Waals surface area contributed by atoms with Crippen molar-refractivity contribution in [2.75, 3.05) is 45.9 Å². The van der Waals surface area contributed by atoms with E-state index in [1.807, 2.05) is 24.3 Å². The molecule has 0 saturated carbocycles. The van der Waals surface area contributed by atoms with E-state index in [4.69, 9.17) is 36.1 Å². The van der Waals surface area contributed by atoms with Gasteiger partial charge < -0.3 is 24.7 Å². The van der Waals surface area contributed by atoms with Gasteiger partial charge in [0.05, 0.1) is 6.61 Å². The van der Waals surface area contributed by atoms with E-state index in [1.165, 1.54) is 32.7 Å². The molecule has 0 amide bonds. The number of hydrogen-bond acceptors (Lipinski definition) is 5. The first kappa shape index (κ1) is 23.9. The van der Waals surface area contributed by atoms with Crippen LogP contribution in [0.3, 0.4) is 0 Å². The first-order chi connectivity index (χ1) is 13.4. The summed E-state index contributed by atoms with van der Waals surface area (Å²) in [5.74, 6) is -2.72. The largest absolute Gasteiger partial charge is 0.493 e. The fourth-order valence-corrected chi connectivity index (χ4v) is 3.00. The van der Waals surface area contributed by atoms with Gasteiger partial charge >= 0.3 is 11.9 Å². The summed E-state index contributed by atoms with van der Waals surface area (Å²) in [6.07, 6.45) is 3.73. The Morgan fingerprint density at radius 1 is 1.18 bits per heavy atom. The zero-order chi connectivity index (χ0) is 20.9. The molecule has 2 N–H and O–H groups in total. The Balaban J connectivity index is 0.000000568. The molecular formula is C20H29ClN2O5. The summed E-state index contributed by atoms with van der Waals surface area (Å²) in [6.45, 7) is 13.8. The average Bonchev–Trinajstić information content (AvgIpc) is 2.67. The van der Waals surface area contributed by atoms with Crippen LogP contribution in [0.1, 0.15) is 18.9 Å². The summed E-state index contributed by atoms with van der Waals surface area (Å²) < 4.78 is 5.93. The average molecular weight is 413 g/mol. The van der Waals surface area contributed by atoms with E-state index in [2.05, 4.69) is 23.3 Å². The topological polar surface area (TPSA) is 90.3 Å². The van der Waals surface area contributed by atoms with E-state index in [-0.39, 0.29) is 0 Å². The molecule has 1 aliphatic heterocycles. The van der Waals surface area contributed by atoms with Crippen LogP contribution in [0, 0.1) is 0 Å². The number of carbonyl (C=O) groups is 2. The van der Waals surface area contributed by atoms with Crippen LogP contribution in [0.15, 0.2) is 30.9 Å². The van der Waals surface area contributed by atoms with Crippen LogP contribution in [0.5, 0.6) is 5.75 Å². The summed E-state index contributed by atoms with van der Waals surface area (Å²) in [5, 5.41) is 15.5. The van der Waals surface area contributed by atoms with E-state index in [9.17, 15) is 0 Å². The van der Waals surface area contributed by atoms with Crippen molar-refractivity contribution in [3.8, 4) is 5.75 Å². The summed E-state index contributed by atoms with van der Waals surface area (Å²) >= 11 is 6.04. The van der Waals surface area contributed by atoms with E-state index < -0.39 is 11.9 Å². The maximum absolute atomic E-state index is 9.10. The van der Waals surface area contributed by atoms with E-state index in [1.54, 1.807) is 0 Å². The SMILES string of the molecule is C=CCc1cc(Cl)ccc1OCCCN1CCN(CC)CC1.O=C(O)C(=O)O. The monoisotopic (exact) mass is 412 g/mol. The number of rotatable bonds is 8. The molecule has 2 rings (SSSR count). The first-order valence-electron chi connectivity index (χ1n) is 9.30. The van der Waals surface area contributed by atoms with Crippen LogP contribution in [0.2, 0.25) is 5.02 Å². The minimum atomic E-state index is -1.82. The van der Waals surface area contributed by atoms with Crippen molar-refractivity contribution < 1.29 is 24.5 Å². The highest BCUT2D eigenvalue weighted by atomic mass is 35.5. The van der Waals surface area contributed by atoms with Gasteiger partial charge in [-0.15, -0.1) is 6.58 Å². The van der Waals surface area contributed by atoms with Crippen LogP contribution < -0.4 is 4.74 Å². The summed E-state index contributed by atoms with van der Waals surface area (Å²) in [7, 11) is 0. The number of piperazine rings is 1. The molecule has 0 atom stereocenters. The number of carboxylic acids is 2. The number of halogens is 1. The molecule has 0 spiro atoms. The lowest BCUT2D eigenvalue weighted by molar-refractivity contribution is -0.159. The number of hydrogen-bond donors (Lipinski definition) is 2. The maximum atomic E-state index is 9.10. The normalized spacial score (nSPS) is 14.6. The predicted molar refractivity (Wildman–Crippen MR) is 109 cm³/mol. The molecule has 1 saturated heterocycles. The summed E-state index contributed by atoms with van der Waals surface area (Å²) in [6, 6.07) is 5.80. The maximum Gasteiger partial charge on any atom is 0.414 e. The number of likely N-dealkylation sites (N-methyl/N-ethyl adjacent to an activating group) is 1. The van der Waals surface area contributed by atoms with Crippen molar-refractivity contribution in [1.29, 1.82) is 0 Å². The minimum absolute atomic E-state index is 0.748. The zero-order valence-electron chi connectivity index (χ0n) is 16.3. The fourth-order valence-electron chi connectivity index (χ4n) is 2.80. The van der Waals surface area contributed by atoms with E-state index >= 15 is 0 Å². The number of allylic oxidation sites excluding steroid dienone is 1. The van der Waals surface area contributed by atoms with Gasteiger partial charge in [0.1, 0.15) is 5.75 Å². The second-order valence-electron chi connectivity index (χ2n) is 6.33. The third-order valence-electron chi connectivity index (χ3n) is 4.36. The number of aliphatic carboxylic acids is 2. The Bertz CT molecular complexity index is 633. The van der Waals surface area contributed by atoms with Gasteiger partial charge in [0, 0.05) is 37.7 Å². The predicted octanol–water partition coefficient (Wildman–Crippen LogP) is 2.63. The molecule has 0 unspecified atom stereocenters. The molecule has 1 fully saturated rings. The van der Waals surface area contributed by atoms with Crippen LogP contribution in [-0.2, 0) is 16.0 Å². The molecule has 28 heavy (non-hydrogen) atoms. The standard InChI is InChI=1S/C18H27ClN2O.C2H2O4/c1-3-6-16-15-17(19)7-8-18(16)22-14-5-9-21-12-10-20(4-2)11-13-21;3-1(4)2(5)6/h3,7-8,15H,1,4-6,9-14H2,2H3;(H,3,4)(H,5,6). The van der Waals surface area contributed by atoms with Crippen molar-refractivity contribution in [3.05, 3.63) is 41.4 Å². The quantitative estimate of drug-likeness (QED) is 0.385. The minimum Gasteiger partial charge on any atom is -0.493 e. The molecule has 1 aliphatic rings. The third-order valence-corrected chi connectivity index (χ3v) is 4.59. The lowest BCUT2D eigenvalue weighted by atomic mass is 10.1. The zero-order valence-corrected chi connectivity index (χ0v) is 17.0. The van der Waals surface area contributed by atoms with Crippen molar-refractivity contribution in [2.45, 2.75) is 19.8 Å². The molecule has 8 heteroatoms. The number of carboxylic acid groups (broad SMARTS) is 2. The second-order valence-corrected chi connectivity index (χ2v) is 6.77. The van der Waals surface area contributed by atoms with E-state index in [0.717, 1.165) is 42.3 Å². The van der Waals surface area contributed by atoms with Crippen LogP contribution >= 0.6 is 11.6 Å². The first-order valence-corrected chi connectivity index (χ1v) is 9.68. The van der Waals surface area contributed by atoms with Crippen molar-refractivity contribution >= 4 is 23.5 Å². The van der Waals surface area contributed by atoms with E-state index in [0.29, 0.717) is 0 Å². The van der Waals surface area contributed by atoms with Crippen molar-refractivity contribution in [2.24, 2.45) is 0 Å². The van der Waals surface area contributed by atoms with Crippen LogP contribution in [-0.4, -0.2) is 77.8 Å². The highest BCUT2D eigenvalue weighted by Crippen LogP contribution is 2.23. The Labute approximate surface area is 171 Å². The Morgan fingerprint density at radius 3 is 2.32 bits per heavy atom. The molecule has 1 aromatic rings. The van der Waals surface area contributed by atoms with Gasteiger partial charge in [0.15, 0.2) is 0 Å². The molecule has 156 valence electrons. The number of benzene rings is 1. The van der Waals surface area contributed by atoms with Gasteiger partial charge in [0.25, 0.3) is 0 Å². The Hall–Kier alpha value is -2.09. The van der Waals surface area contributed by atoms with Crippen molar-refractivity contribution in [3.63, 3.8) is 0 Å². The third kappa shape index (κ3) is 9.21. The molecule has 0 aromatic heterocycles. The Morgan fingerprint density at radius 2 is 1.79 bits per heavy atom. The van der Waals surface area contributed by atoms with Gasteiger partial charge in [-0.05, 0) is 43.1 Å². The van der Waals surface area contributed by atoms with Gasteiger partial charge in [-0.3, -0.25) is 0 Å². The van der Waals surface area contributed by atoms with Crippen molar-refractivity contribution in [1.82, 2.24) is 9.80 Å². The van der Waals surface area contributed by atoms with Gasteiger partial charge in [-0.25, -0.2) is 9.59 Å². The van der Waals surface area contributed by atoms with Crippen LogP contribution in [0.4, 0.5) is 0 Å². The van der Waals surface area contributed by atoms with Gasteiger partial charge in [0.2, 0.25) is 0 Å². The second kappa shape index (κ2) is 13.1. The summed E-state index contributed by atoms with van der Waals surface area (Å²) in [5.41, 5.74) is 1.11. The number of ether oxygens (including phenoxy) is 1. The molecule has 1 heterocycles. The fraction of sp³-hybridized carbons (Fsp3) is 0.500. The summed E-state index contributed by atoms with van der Waals surface area (Å²) in [4.78, 5) is 23.2. The molecule has 0 radical (unpaired) electrons. The molecule has 1 aromatic carbocycles. The Kier molecular flexibility index (Phi) is 11.2. The van der Waals surface area contributed by atoms with Crippen LogP contribution in [0.25, 0.3) is 0 Å². The lowest BCUT2D eigenvalue weighted by Gasteiger charge is -2.33. The molecule has 0 aliphatic carbocycles. The van der Waals surface area contributed by atoms with Gasteiger partial charge in [-0.2, -0.15) is 0 Å². The highest BCUT2D eigenvalue weighted by Gasteiger charge is 2.14. The number of nitrogens with zero attached hydrogens (tertiary/aromatic N) is 2. The lowest BCUT2D eigenvalue weighted by Crippen LogP contribution is -2.46.